The zero-order valence-corrected chi connectivity index (χ0v) is 21.9. The average molecular weight is 510 g/mol. The molecule has 0 radical (unpaired) electrons. The van der Waals surface area contributed by atoms with Gasteiger partial charge < -0.3 is 24.7 Å². The van der Waals surface area contributed by atoms with E-state index in [0.29, 0.717) is 29.0 Å². The number of carbonyl (C=O) groups excluding carboxylic acids is 2. The van der Waals surface area contributed by atoms with Crippen LogP contribution in [-0.4, -0.2) is 46.6 Å². The van der Waals surface area contributed by atoms with E-state index in [-0.39, 0.29) is 24.1 Å². The van der Waals surface area contributed by atoms with E-state index in [9.17, 15) is 9.59 Å². The third-order valence-corrected chi connectivity index (χ3v) is 6.17. The first-order valence-corrected chi connectivity index (χ1v) is 12.4. The molecule has 190 valence electrons. The van der Waals surface area contributed by atoms with Crippen LogP contribution in [0.4, 0.5) is 5.69 Å². The van der Waals surface area contributed by atoms with Crippen LogP contribution in [0.25, 0.3) is 6.08 Å². The fourth-order valence-corrected chi connectivity index (χ4v) is 4.42. The molecular weight excluding hydrogens is 478 g/mol. The predicted octanol–water partition coefficient (Wildman–Crippen LogP) is 3.99. The van der Waals surface area contributed by atoms with Crippen LogP contribution in [0.5, 0.6) is 11.5 Å². The molecule has 0 saturated heterocycles. The molecule has 3 aromatic rings. The summed E-state index contributed by atoms with van der Waals surface area (Å²) >= 11 is 1.30. The fourth-order valence-electron chi connectivity index (χ4n) is 3.60. The smallest absolute Gasteiger partial charge is 0.244 e. The molecule has 2 aromatic carbocycles. The van der Waals surface area contributed by atoms with E-state index >= 15 is 0 Å². The molecule has 2 amide bonds. The maximum Gasteiger partial charge on any atom is 0.244 e. The summed E-state index contributed by atoms with van der Waals surface area (Å²) in [4.78, 5) is 24.8. The van der Waals surface area contributed by atoms with Crippen molar-refractivity contribution >= 4 is 35.3 Å². The topological polar surface area (TPSA) is 107 Å². The van der Waals surface area contributed by atoms with Gasteiger partial charge in [0.1, 0.15) is 0 Å². The minimum absolute atomic E-state index is 0.120. The first-order valence-electron chi connectivity index (χ1n) is 11.4. The van der Waals surface area contributed by atoms with Crippen molar-refractivity contribution in [2.24, 2.45) is 0 Å². The molecule has 0 fully saturated rings. The number of thioether (sulfide) groups is 1. The number of hydrogen-bond acceptors (Lipinski definition) is 7. The minimum atomic E-state index is -0.266. The molecule has 9 nitrogen and oxygen atoms in total. The minimum Gasteiger partial charge on any atom is -0.493 e. The van der Waals surface area contributed by atoms with E-state index in [1.54, 1.807) is 32.4 Å². The molecule has 0 unspecified atom stereocenters. The first-order chi connectivity index (χ1) is 17.3. The molecule has 1 heterocycles. The lowest BCUT2D eigenvalue weighted by Crippen LogP contribution is -2.22. The standard InChI is InChI=1S/C26H31N5O4S/c1-6-31-23(15-27-24(32)10-8-19-7-9-21(34-4)22(14-19)35-5)29-30-26(31)36-16-25(33)28-20-12-17(2)11-18(3)13-20/h7-14H,6,15-16H2,1-5H3,(H,27,32)(H,28,33). The summed E-state index contributed by atoms with van der Waals surface area (Å²) in [5, 5.41) is 14.8. The van der Waals surface area contributed by atoms with Gasteiger partial charge in [0, 0.05) is 18.3 Å². The van der Waals surface area contributed by atoms with Crippen molar-refractivity contribution in [1.82, 2.24) is 20.1 Å². The lowest BCUT2D eigenvalue weighted by Gasteiger charge is -2.09. The molecule has 0 aliphatic carbocycles. The number of nitrogens with zero attached hydrogens (tertiary/aromatic N) is 3. The Morgan fingerprint density at radius 3 is 2.42 bits per heavy atom. The van der Waals surface area contributed by atoms with Crippen LogP contribution < -0.4 is 20.1 Å². The number of anilines is 1. The Kier molecular flexibility index (Phi) is 9.52. The number of hydrogen-bond donors (Lipinski definition) is 2. The lowest BCUT2D eigenvalue weighted by molar-refractivity contribution is -0.116. The van der Waals surface area contributed by atoms with Gasteiger partial charge in [0.2, 0.25) is 11.8 Å². The number of benzene rings is 2. The number of nitrogens with one attached hydrogen (secondary N) is 2. The summed E-state index contributed by atoms with van der Waals surface area (Å²) in [6, 6.07) is 11.3. The van der Waals surface area contributed by atoms with Crippen molar-refractivity contribution in [3.05, 3.63) is 65.0 Å². The Morgan fingerprint density at radius 1 is 1.03 bits per heavy atom. The number of rotatable bonds is 11. The highest BCUT2D eigenvalue weighted by molar-refractivity contribution is 7.99. The normalized spacial score (nSPS) is 10.9. The summed E-state index contributed by atoms with van der Waals surface area (Å²) in [7, 11) is 3.13. The van der Waals surface area contributed by atoms with Crippen molar-refractivity contribution in [3.8, 4) is 11.5 Å². The van der Waals surface area contributed by atoms with E-state index in [1.165, 1.54) is 17.8 Å². The molecular formula is C26H31N5O4S. The Labute approximate surface area is 215 Å². The fraction of sp³-hybridized carbons (Fsp3) is 0.308. The van der Waals surface area contributed by atoms with Crippen molar-refractivity contribution in [1.29, 1.82) is 0 Å². The molecule has 0 aliphatic heterocycles. The molecule has 0 aliphatic rings. The van der Waals surface area contributed by atoms with Gasteiger partial charge in [0.15, 0.2) is 22.5 Å². The SMILES string of the molecule is CCn1c(CNC(=O)C=Cc2ccc(OC)c(OC)c2)nnc1SCC(=O)Nc1cc(C)cc(C)c1. The average Bonchev–Trinajstić information content (AvgIpc) is 3.25. The van der Waals surface area contributed by atoms with Gasteiger partial charge >= 0.3 is 0 Å². The highest BCUT2D eigenvalue weighted by Crippen LogP contribution is 2.28. The van der Waals surface area contributed by atoms with Crippen LogP contribution in [0, 0.1) is 13.8 Å². The monoisotopic (exact) mass is 509 g/mol. The largest absolute Gasteiger partial charge is 0.493 e. The van der Waals surface area contributed by atoms with Gasteiger partial charge in [-0.15, -0.1) is 10.2 Å². The van der Waals surface area contributed by atoms with Gasteiger partial charge in [-0.3, -0.25) is 9.59 Å². The first kappa shape index (κ1) is 26.8. The number of aryl methyl sites for hydroxylation is 2. The number of carbonyl (C=O) groups is 2. The quantitative estimate of drug-likeness (QED) is 0.297. The molecule has 10 heteroatoms. The number of ether oxygens (including phenoxy) is 2. The van der Waals surface area contributed by atoms with E-state index in [1.807, 2.05) is 43.5 Å². The Balaban J connectivity index is 1.54. The molecule has 0 saturated carbocycles. The zero-order chi connectivity index (χ0) is 26.1. The molecule has 36 heavy (non-hydrogen) atoms. The van der Waals surface area contributed by atoms with Gasteiger partial charge in [0.25, 0.3) is 0 Å². The Hall–Kier alpha value is -3.79. The maximum atomic E-state index is 12.4. The summed E-state index contributed by atoms with van der Waals surface area (Å²) in [6.45, 7) is 6.78. The molecule has 0 atom stereocenters. The van der Waals surface area contributed by atoms with Gasteiger partial charge in [-0.25, -0.2) is 0 Å². The van der Waals surface area contributed by atoms with Crippen molar-refractivity contribution < 1.29 is 19.1 Å². The highest BCUT2D eigenvalue weighted by atomic mass is 32.2. The summed E-state index contributed by atoms with van der Waals surface area (Å²) in [5.74, 6) is 1.63. The summed E-state index contributed by atoms with van der Waals surface area (Å²) in [5.41, 5.74) is 3.76. The lowest BCUT2D eigenvalue weighted by atomic mass is 10.1. The van der Waals surface area contributed by atoms with E-state index in [2.05, 4.69) is 26.9 Å². The summed E-state index contributed by atoms with van der Waals surface area (Å²) < 4.78 is 12.4. The molecule has 1 aromatic heterocycles. The van der Waals surface area contributed by atoms with Crippen LogP contribution in [0.15, 0.2) is 47.6 Å². The van der Waals surface area contributed by atoms with Crippen LogP contribution in [-0.2, 0) is 22.7 Å². The third kappa shape index (κ3) is 7.35. The molecule has 0 spiro atoms. The predicted molar refractivity (Wildman–Crippen MR) is 141 cm³/mol. The Morgan fingerprint density at radius 2 is 1.75 bits per heavy atom. The second-order valence-corrected chi connectivity index (χ2v) is 8.96. The van der Waals surface area contributed by atoms with Crippen molar-refractivity contribution in [2.45, 2.75) is 39.0 Å². The molecule has 3 rings (SSSR count). The highest BCUT2D eigenvalue weighted by Gasteiger charge is 2.14. The van der Waals surface area contributed by atoms with Crippen molar-refractivity contribution in [2.75, 3.05) is 25.3 Å². The van der Waals surface area contributed by atoms with E-state index in [0.717, 1.165) is 22.4 Å². The van der Waals surface area contributed by atoms with Crippen LogP contribution in [0.3, 0.4) is 0 Å². The number of amides is 2. The maximum absolute atomic E-state index is 12.4. The second kappa shape index (κ2) is 12.8. The Bertz CT molecular complexity index is 1230. The number of aromatic nitrogens is 3. The molecule has 2 N–H and O–H groups in total. The van der Waals surface area contributed by atoms with Crippen LogP contribution in [0.1, 0.15) is 29.4 Å². The second-order valence-electron chi connectivity index (χ2n) is 8.02. The summed E-state index contributed by atoms with van der Waals surface area (Å²) in [6.07, 6.45) is 3.14. The van der Waals surface area contributed by atoms with Gasteiger partial charge in [-0.05, 0) is 67.8 Å². The van der Waals surface area contributed by atoms with E-state index in [4.69, 9.17) is 9.47 Å². The number of methoxy groups -OCH3 is 2. The van der Waals surface area contributed by atoms with Crippen LogP contribution >= 0.6 is 11.8 Å². The molecule has 0 bridgehead atoms. The van der Waals surface area contributed by atoms with Gasteiger partial charge in [0.05, 0.1) is 26.5 Å². The van der Waals surface area contributed by atoms with Crippen molar-refractivity contribution in [3.63, 3.8) is 0 Å². The third-order valence-electron chi connectivity index (χ3n) is 5.20. The van der Waals surface area contributed by atoms with Gasteiger partial charge in [-0.2, -0.15) is 0 Å². The van der Waals surface area contributed by atoms with Crippen LogP contribution in [0.2, 0.25) is 0 Å². The zero-order valence-electron chi connectivity index (χ0n) is 21.1. The van der Waals surface area contributed by atoms with Gasteiger partial charge in [-0.1, -0.05) is 23.9 Å². The van der Waals surface area contributed by atoms with E-state index < -0.39 is 0 Å².